The van der Waals surface area contributed by atoms with Crippen LogP contribution in [-0.2, 0) is 6.18 Å². The van der Waals surface area contributed by atoms with Gasteiger partial charge < -0.3 is 16.4 Å². The second-order valence-electron chi connectivity index (χ2n) is 6.58. The van der Waals surface area contributed by atoms with Crippen LogP contribution < -0.4 is 16.4 Å². The summed E-state index contributed by atoms with van der Waals surface area (Å²) >= 11 is 0. The van der Waals surface area contributed by atoms with Crippen molar-refractivity contribution in [3.05, 3.63) is 47.3 Å². The van der Waals surface area contributed by atoms with Crippen LogP contribution in [0.3, 0.4) is 0 Å². The van der Waals surface area contributed by atoms with E-state index in [4.69, 9.17) is 11.5 Å². The number of nitriles is 1. The predicted molar refractivity (Wildman–Crippen MR) is 98.2 cm³/mol. The van der Waals surface area contributed by atoms with E-state index < -0.39 is 17.8 Å². The summed E-state index contributed by atoms with van der Waals surface area (Å²) in [5.74, 6) is 0.668. The Morgan fingerprint density at radius 3 is 2.32 bits per heavy atom. The molecule has 0 saturated carbocycles. The molecule has 2 heterocycles. The average molecular weight is 391 g/mol. The normalized spacial score (nSPS) is 16.6. The fraction of sp³-hybridized carbons (Fsp3) is 0.389. The van der Waals surface area contributed by atoms with Crippen molar-refractivity contribution < 1.29 is 13.2 Å². The van der Waals surface area contributed by atoms with Gasteiger partial charge in [-0.1, -0.05) is 12.1 Å². The first-order valence-corrected chi connectivity index (χ1v) is 8.70. The Bertz CT molecular complexity index is 853. The minimum absolute atomic E-state index is 0.152. The van der Waals surface area contributed by atoms with Gasteiger partial charge in [0.1, 0.15) is 23.8 Å². The van der Waals surface area contributed by atoms with Crippen molar-refractivity contribution in [3.8, 4) is 6.07 Å². The number of anilines is 2. The lowest BCUT2D eigenvalue weighted by atomic mass is 10.0. The summed E-state index contributed by atoms with van der Waals surface area (Å²) in [6.07, 6.45) is -3.02. The molecule has 1 aromatic heterocycles. The van der Waals surface area contributed by atoms with Gasteiger partial charge in [-0.05, 0) is 17.7 Å². The number of halogens is 3. The van der Waals surface area contributed by atoms with Crippen molar-refractivity contribution in [2.45, 2.75) is 12.2 Å². The number of benzene rings is 1. The molecule has 0 unspecified atom stereocenters. The van der Waals surface area contributed by atoms with E-state index in [0.29, 0.717) is 44.1 Å². The largest absolute Gasteiger partial charge is 0.416 e. The summed E-state index contributed by atoms with van der Waals surface area (Å²) in [5, 5.41) is 9.26. The number of hydrogen-bond donors (Lipinski definition) is 2. The molecule has 1 saturated heterocycles. The molecule has 1 atom stereocenters. The molecule has 0 bridgehead atoms. The van der Waals surface area contributed by atoms with Gasteiger partial charge in [-0.2, -0.15) is 18.4 Å². The first kappa shape index (κ1) is 19.9. The summed E-state index contributed by atoms with van der Waals surface area (Å²) in [5.41, 5.74) is 12.1. The third-order valence-corrected chi connectivity index (χ3v) is 4.76. The van der Waals surface area contributed by atoms with Gasteiger partial charge in [0, 0.05) is 38.8 Å². The van der Waals surface area contributed by atoms with Crippen LogP contribution in [0, 0.1) is 11.3 Å². The third kappa shape index (κ3) is 4.32. The van der Waals surface area contributed by atoms with E-state index >= 15 is 0 Å². The molecule has 3 rings (SSSR count). The first-order chi connectivity index (χ1) is 13.3. The Morgan fingerprint density at radius 1 is 1.11 bits per heavy atom. The van der Waals surface area contributed by atoms with Gasteiger partial charge in [0.15, 0.2) is 5.82 Å². The van der Waals surface area contributed by atoms with Crippen LogP contribution in [-0.4, -0.2) is 47.6 Å². The Labute approximate surface area is 160 Å². The van der Waals surface area contributed by atoms with Crippen molar-refractivity contribution in [1.29, 1.82) is 5.26 Å². The van der Waals surface area contributed by atoms with Gasteiger partial charge in [-0.15, -0.1) is 0 Å². The van der Waals surface area contributed by atoms with E-state index in [2.05, 4.69) is 14.9 Å². The first-order valence-electron chi connectivity index (χ1n) is 8.70. The highest BCUT2D eigenvalue weighted by Crippen LogP contribution is 2.30. The number of nitrogen functional groups attached to an aromatic ring is 1. The molecule has 2 aromatic rings. The molecule has 7 nitrogen and oxygen atoms in total. The maximum Gasteiger partial charge on any atom is 0.416 e. The summed E-state index contributed by atoms with van der Waals surface area (Å²) in [4.78, 5) is 12.1. The molecule has 148 valence electrons. The number of aromatic nitrogens is 2. The molecule has 10 heteroatoms. The van der Waals surface area contributed by atoms with E-state index in [0.717, 1.165) is 12.1 Å². The number of piperazine rings is 1. The van der Waals surface area contributed by atoms with E-state index in [1.54, 1.807) is 0 Å². The second kappa shape index (κ2) is 8.00. The van der Waals surface area contributed by atoms with Gasteiger partial charge in [-0.3, -0.25) is 4.90 Å². The molecule has 1 aliphatic rings. The molecular weight excluding hydrogens is 371 g/mol. The van der Waals surface area contributed by atoms with Crippen LogP contribution >= 0.6 is 0 Å². The fourth-order valence-corrected chi connectivity index (χ4v) is 3.18. The van der Waals surface area contributed by atoms with E-state index in [9.17, 15) is 18.4 Å². The minimum atomic E-state index is -4.36. The molecule has 1 aromatic carbocycles. The zero-order chi connectivity index (χ0) is 20.3. The van der Waals surface area contributed by atoms with Crippen molar-refractivity contribution in [1.82, 2.24) is 14.9 Å². The third-order valence-electron chi connectivity index (χ3n) is 4.76. The van der Waals surface area contributed by atoms with Gasteiger partial charge in [0.25, 0.3) is 0 Å². The molecule has 4 N–H and O–H groups in total. The van der Waals surface area contributed by atoms with Gasteiger partial charge in [-0.25, -0.2) is 9.97 Å². The van der Waals surface area contributed by atoms with Crippen molar-refractivity contribution >= 4 is 11.6 Å². The van der Waals surface area contributed by atoms with Crippen LogP contribution in [0.25, 0.3) is 0 Å². The van der Waals surface area contributed by atoms with E-state index in [-0.39, 0.29) is 11.4 Å². The summed E-state index contributed by atoms with van der Waals surface area (Å²) in [6, 6.07) is 6.59. The molecule has 0 radical (unpaired) electrons. The number of nitrogens with zero attached hydrogens (tertiary/aromatic N) is 5. The highest BCUT2D eigenvalue weighted by Gasteiger charge is 2.30. The lowest BCUT2D eigenvalue weighted by molar-refractivity contribution is -0.137. The van der Waals surface area contributed by atoms with Crippen LogP contribution in [0.4, 0.5) is 24.8 Å². The highest BCUT2D eigenvalue weighted by molar-refractivity contribution is 5.63. The molecule has 1 aliphatic heterocycles. The number of rotatable bonds is 4. The summed E-state index contributed by atoms with van der Waals surface area (Å²) in [7, 11) is 0. The van der Waals surface area contributed by atoms with Crippen molar-refractivity contribution in [2.24, 2.45) is 5.73 Å². The standard InChI is InChI=1S/C18H20F3N7/c19-18(20,21)13-3-1-12(2-4-13)15(23)10-27-5-7-28(8-6-27)17-14(9-22)16(24)25-11-26-17/h1-4,11,15H,5-8,10,23H2,(H2,24,25,26)/t15-/m0/s1. The fourth-order valence-electron chi connectivity index (χ4n) is 3.18. The maximum atomic E-state index is 12.7. The Hall–Kier alpha value is -2.90. The monoisotopic (exact) mass is 391 g/mol. The quantitative estimate of drug-likeness (QED) is 0.818. The highest BCUT2D eigenvalue weighted by atomic mass is 19.4. The van der Waals surface area contributed by atoms with Crippen LogP contribution in [0.2, 0.25) is 0 Å². The predicted octanol–water partition coefficient (Wildman–Crippen LogP) is 1.77. The average Bonchev–Trinajstić information content (AvgIpc) is 2.68. The molecule has 1 fully saturated rings. The summed E-state index contributed by atoms with van der Waals surface area (Å²) < 4.78 is 38.0. The summed E-state index contributed by atoms with van der Waals surface area (Å²) in [6.45, 7) is 3.15. The van der Waals surface area contributed by atoms with Crippen LogP contribution in [0.15, 0.2) is 30.6 Å². The Morgan fingerprint density at radius 2 is 1.75 bits per heavy atom. The SMILES string of the molecule is N#Cc1c(N)ncnc1N1CCN(C[C@H](N)c2ccc(C(F)(F)F)cc2)CC1. The van der Waals surface area contributed by atoms with Crippen LogP contribution in [0.5, 0.6) is 0 Å². The van der Waals surface area contributed by atoms with Gasteiger partial charge in [0.2, 0.25) is 0 Å². The molecule has 0 aliphatic carbocycles. The number of hydrogen-bond acceptors (Lipinski definition) is 7. The van der Waals surface area contributed by atoms with Crippen molar-refractivity contribution in [3.63, 3.8) is 0 Å². The Balaban J connectivity index is 1.59. The minimum Gasteiger partial charge on any atom is -0.382 e. The number of alkyl halides is 3. The second-order valence-corrected chi connectivity index (χ2v) is 6.58. The zero-order valence-corrected chi connectivity index (χ0v) is 15.0. The molecule has 28 heavy (non-hydrogen) atoms. The van der Waals surface area contributed by atoms with E-state index in [1.807, 2.05) is 11.0 Å². The molecule has 0 amide bonds. The smallest absolute Gasteiger partial charge is 0.382 e. The van der Waals surface area contributed by atoms with E-state index in [1.165, 1.54) is 18.5 Å². The lowest BCUT2D eigenvalue weighted by Crippen LogP contribution is -2.48. The van der Waals surface area contributed by atoms with Gasteiger partial charge >= 0.3 is 6.18 Å². The molecular formula is C18H20F3N7. The number of nitrogens with two attached hydrogens (primary N) is 2. The van der Waals surface area contributed by atoms with Crippen molar-refractivity contribution in [2.75, 3.05) is 43.4 Å². The van der Waals surface area contributed by atoms with Gasteiger partial charge in [0.05, 0.1) is 5.56 Å². The lowest BCUT2D eigenvalue weighted by Gasteiger charge is -2.36. The topological polar surface area (TPSA) is 108 Å². The van der Waals surface area contributed by atoms with Crippen LogP contribution in [0.1, 0.15) is 22.7 Å². The zero-order valence-electron chi connectivity index (χ0n) is 15.0. The Kier molecular flexibility index (Phi) is 5.67. The maximum absolute atomic E-state index is 12.7. The molecule has 0 spiro atoms.